The maximum atomic E-state index is 9.72. The van der Waals surface area contributed by atoms with E-state index in [-0.39, 0.29) is 11.5 Å². The van der Waals surface area contributed by atoms with E-state index in [0.717, 1.165) is 11.3 Å². The number of hydrogen-bond acceptors (Lipinski definition) is 5. The molecule has 0 aliphatic heterocycles. The van der Waals surface area contributed by atoms with Gasteiger partial charge in [-0.05, 0) is 29.6 Å². The minimum atomic E-state index is 0.117. The molecule has 0 saturated carbocycles. The highest BCUT2D eigenvalue weighted by Crippen LogP contribution is 2.24. The minimum Gasteiger partial charge on any atom is -0.508 e. The van der Waals surface area contributed by atoms with Crippen LogP contribution in [0.3, 0.4) is 0 Å². The molecule has 0 unspecified atom stereocenters. The zero-order valence-electron chi connectivity index (χ0n) is 9.89. The normalized spacial score (nSPS) is 10.7. The second-order valence-electron chi connectivity index (χ2n) is 4.13. The summed E-state index contributed by atoms with van der Waals surface area (Å²) >= 11 is 1.60. The summed E-state index contributed by atoms with van der Waals surface area (Å²) in [5, 5.41) is 31.2. The lowest BCUT2D eigenvalue weighted by Crippen LogP contribution is -2.00. The quantitative estimate of drug-likeness (QED) is 0.719. The van der Waals surface area contributed by atoms with Crippen molar-refractivity contribution in [2.45, 2.75) is 6.54 Å². The van der Waals surface area contributed by atoms with Crippen LogP contribution in [-0.2, 0) is 6.54 Å². The number of nitrogens with zero attached hydrogens (tertiary/aromatic N) is 3. The second-order valence-corrected chi connectivity index (χ2v) is 4.91. The SMILES string of the molecule is Oc1ccc(O)c(Cn2cc(-c3ccsc3)nn2)c1. The van der Waals surface area contributed by atoms with Gasteiger partial charge in [0, 0.05) is 16.5 Å². The predicted octanol–water partition coefficient (Wildman–Crippen LogP) is 2.47. The fraction of sp³-hybridized carbons (Fsp3) is 0.0769. The van der Waals surface area contributed by atoms with Gasteiger partial charge in [-0.3, -0.25) is 0 Å². The molecule has 19 heavy (non-hydrogen) atoms. The Kier molecular flexibility index (Phi) is 2.92. The molecule has 2 aromatic heterocycles. The molecule has 0 amide bonds. The number of aromatic hydroxyl groups is 2. The van der Waals surface area contributed by atoms with Crippen LogP contribution in [-0.4, -0.2) is 25.2 Å². The third-order valence-electron chi connectivity index (χ3n) is 2.75. The fourth-order valence-electron chi connectivity index (χ4n) is 1.79. The van der Waals surface area contributed by atoms with Crippen LogP contribution in [0, 0.1) is 0 Å². The van der Waals surface area contributed by atoms with Crippen molar-refractivity contribution in [1.29, 1.82) is 0 Å². The molecule has 2 N–H and O–H groups in total. The first-order valence-corrected chi connectivity index (χ1v) is 6.60. The minimum absolute atomic E-state index is 0.117. The summed E-state index contributed by atoms with van der Waals surface area (Å²) in [5.41, 5.74) is 2.42. The maximum absolute atomic E-state index is 9.72. The summed E-state index contributed by atoms with van der Waals surface area (Å²) in [7, 11) is 0. The average Bonchev–Trinajstić information content (AvgIpc) is 3.04. The van der Waals surface area contributed by atoms with Crippen LogP contribution in [0.4, 0.5) is 0 Å². The Morgan fingerprint density at radius 3 is 2.89 bits per heavy atom. The van der Waals surface area contributed by atoms with Crippen LogP contribution in [0.5, 0.6) is 11.5 Å². The molecule has 2 heterocycles. The number of aromatic nitrogens is 3. The molecule has 1 aromatic carbocycles. The zero-order valence-corrected chi connectivity index (χ0v) is 10.7. The fourth-order valence-corrected chi connectivity index (χ4v) is 2.44. The first-order valence-electron chi connectivity index (χ1n) is 5.66. The lowest BCUT2D eigenvalue weighted by Gasteiger charge is -2.04. The third kappa shape index (κ3) is 2.43. The van der Waals surface area contributed by atoms with Crippen LogP contribution in [0.15, 0.2) is 41.2 Å². The van der Waals surface area contributed by atoms with Gasteiger partial charge in [-0.1, -0.05) is 5.21 Å². The van der Waals surface area contributed by atoms with Crippen molar-refractivity contribution in [2.24, 2.45) is 0 Å². The highest BCUT2D eigenvalue weighted by atomic mass is 32.1. The van der Waals surface area contributed by atoms with Gasteiger partial charge in [0.1, 0.15) is 17.2 Å². The van der Waals surface area contributed by atoms with E-state index in [4.69, 9.17) is 0 Å². The number of hydrogen-bond donors (Lipinski definition) is 2. The van der Waals surface area contributed by atoms with E-state index in [0.29, 0.717) is 12.1 Å². The molecule has 3 aromatic rings. The molecule has 0 atom stereocenters. The number of thiophene rings is 1. The van der Waals surface area contributed by atoms with Crippen LogP contribution < -0.4 is 0 Å². The predicted molar refractivity (Wildman–Crippen MR) is 72.2 cm³/mol. The van der Waals surface area contributed by atoms with Crippen LogP contribution in [0.2, 0.25) is 0 Å². The van der Waals surface area contributed by atoms with E-state index in [1.165, 1.54) is 18.2 Å². The third-order valence-corrected chi connectivity index (χ3v) is 3.43. The van der Waals surface area contributed by atoms with Crippen molar-refractivity contribution in [3.05, 3.63) is 46.8 Å². The Morgan fingerprint density at radius 1 is 1.21 bits per heavy atom. The van der Waals surface area contributed by atoms with Gasteiger partial charge >= 0.3 is 0 Å². The first kappa shape index (κ1) is 11.7. The van der Waals surface area contributed by atoms with Gasteiger partial charge in [-0.2, -0.15) is 11.3 Å². The second kappa shape index (κ2) is 4.74. The summed E-state index contributed by atoms with van der Waals surface area (Å²) < 4.78 is 1.63. The molecular formula is C13H11N3O2S. The van der Waals surface area contributed by atoms with Crippen molar-refractivity contribution in [3.8, 4) is 22.8 Å². The monoisotopic (exact) mass is 273 g/mol. The van der Waals surface area contributed by atoms with Crippen molar-refractivity contribution >= 4 is 11.3 Å². The summed E-state index contributed by atoms with van der Waals surface area (Å²) in [6, 6.07) is 6.39. The van der Waals surface area contributed by atoms with Gasteiger partial charge in [0.15, 0.2) is 0 Å². The largest absolute Gasteiger partial charge is 0.508 e. The summed E-state index contributed by atoms with van der Waals surface area (Å²) in [5.74, 6) is 0.247. The molecule has 3 rings (SSSR count). The summed E-state index contributed by atoms with van der Waals surface area (Å²) in [4.78, 5) is 0. The topological polar surface area (TPSA) is 71.2 Å². The van der Waals surface area contributed by atoms with Crippen molar-refractivity contribution in [2.75, 3.05) is 0 Å². The number of phenols is 2. The molecule has 0 aliphatic carbocycles. The average molecular weight is 273 g/mol. The van der Waals surface area contributed by atoms with E-state index in [1.807, 2.05) is 23.0 Å². The van der Waals surface area contributed by atoms with E-state index in [1.54, 1.807) is 16.0 Å². The van der Waals surface area contributed by atoms with Crippen LogP contribution in [0.25, 0.3) is 11.3 Å². The molecule has 6 heteroatoms. The number of phenolic OH excluding ortho intramolecular Hbond substituents is 2. The lowest BCUT2D eigenvalue weighted by atomic mass is 10.2. The molecule has 5 nitrogen and oxygen atoms in total. The van der Waals surface area contributed by atoms with Crippen LogP contribution in [0.1, 0.15) is 5.56 Å². The Morgan fingerprint density at radius 2 is 2.11 bits per heavy atom. The number of benzene rings is 1. The molecular weight excluding hydrogens is 262 g/mol. The van der Waals surface area contributed by atoms with Gasteiger partial charge in [0.2, 0.25) is 0 Å². The standard InChI is InChI=1S/C13H11N3O2S/c17-11-1-2-13(18)10(5-11)6-16-7-12(14-15-16)9-3-4-19-8-9/h1-5,7-8,17-18H,6H2. The molecule has 0 saturated heterocycles. The molecule has 0 bridgehead atoms. The van der Waals surface area contributed by atoms with Crippen LogP contribution >= 0.6 is 11.3 Å². The first-order chi connectivity index (χ1) is 9.22. The summed E-state index contributed by atoms with van der Waals surface area (Å²) in [6.07, 6.45) is 1.81. The van der Waals surface area contributed by atoms with Crippen molar-refractivity contribution in [3.63, 3.8) is 0 Å². The molecule has 96 valence electrons. The lowest BCUT2D eigenvalue weighted by molar-refractivity contribution is 0.450. The Hall–Kier alpha value is -2.34. The van der Waals surface area contributed by atoms with Crippen molar-refractivity contribution in [1.82, 2.24) is 15.0 Å². The molecule has 0 aliphatic rings. The van der Waals surface area contributed by atoms with E-state index in [2.05, 4.69) is 10.3 Å². The maximum Gasteiger partial charge on any atom is 0.120 e. The van der Waals surface area contributed by atoms with Gasteiger partial charge in [0.25, 0.3) is 0 Å². The Labute approximate surface area is 113 Å². The Balaban J connectivity index is 1.86. The number of rotatable bonds is 3. The molecule has 0 radical (unpaired) electrons. The van der Waals surface area contributed by atoms with Gasteiger partial charge in [-0.15, -0.1) is 5.10 Å². The van der Waals surface area contributed by atoms with E-state index < -0.39 is 0 Å². The van der Waals surface area contributed by atoms with E-state index >= 15 is 0 Å². The summed E-state index contributed by atoms with van der Waals surface area (Å²) in [6.45, 7) is 0.359. The molecule has 0 spiro atoms. The zero-order chi connectivity index (χ0) is 13.2. The van der Waals surface area contributed by atoms with Gasteiger partial charge in [0.05, 0.1) is 12.7 Å². The van der Waals surface area contributed by atoms with Gasteiger partial charge in [-0.25, -0.2) is 4.68 Å². The van der Waals surface area contributed by atoms with Crippen molar-refractivity contribution < 1.29 is 10.2 Å². The smallest absolute Gasteiger partial charge is 0.120 e. The highest BCUT2D eigenvalue weighted by Gasteiger charge is 2.07. The van der Waals surface area contributed by atoms with E-state index in [9.17, 15) is 10.2 Å². The Bertz CT molecular complexity index is 692. The van der Waals surface area contributed by atoms with Gasteiger partial charge < -0.3 is 10.2 Å². The molecule has 0 fully saturated rings. The highest BCUT2D eigenvalue weighted by molar-refractivity contribution is 7.08.